The van der Waals surface area contributed by atoms with E-state index in [1.165, 1.54) is 23.9 Å². The van der Waals surface area contributed by atoms with E-state index in [0.717, 1.165) is 6.07 Å². The second-order valence-electron chi connectivity index (χ2n) is 3.01. The summed E-state index contributed by atoms with van der Waals surface area (Å²) in [5, 5.41) is 2.76. The number of nitrogens with one attached hydrogen (secondary N) is 1. The van der Waals surface area contributed by atoms with Crippen LogP contribution >= 0.6 is 23.4 Å². The highest BCUT2D eigenvalue weighted by Gasteiger charge is 2.07. The van der Waals surface area contributed by atoms with Crippen LogP contribution in [0.15, 0.2) is 18.2 Å². The predicted octanol–water partition coefficient (Wildman–Crippen LogP) is 2.11. The third-order valence-electron chi connectivity index (χ3n) is 1.70. The molecule has 0 fully saturated rings. The van der Waals surface area contributed by atoms with Crippen molar-refractivity contribution in [2.24, 2.45) is 5.73 Å². The Balaban J connectivity index is 2.49. The van der Waals surface area contributed by atoms with Gasteiger partial charge in [0.05, 0.1) is 11.4 Å². The van der Waals surface area contributed by atoms with E-state index in [1.54, 1.807) is 0 Å². The number of nitrogens with two attached hydrogens (primary N) is 1. The number of benzene rings is 1. The minimum atomic E-state index is -0.537. The quantitative estimate of drug-likeness (QED) is 0.799. The Labute approximate surface area is 103 Å². The van der Waals surface area contributed by atoms with Crippen LogP contribution < -0.4 is 11.1 Å². The molecule has 0 atom stereocenters. The molecule has 0 aliphatic carbocycles. The summed E-state index contributed by atoms with van der Waals surface area (Å²) >= 11 is 6.99. The van der Waals surface area contributed by atoms with Crippen LogP contribution in [0.25, 0.3) is 0 Å². The van der Waals surface area contributed by atoms with E-state index in [2.05, 4.69) is 5.32 Å². The molecule has 0 radical (unpaired) electrons. The Hall–Kier alpha value is -0.780. The van der Waals surface area contributed by atoms with Crippen molar-refractivity contribution in [2.45, 2.75) is 0 Å². The molecule has 0 aliphatic rings. The fourth-order valence-electron chi connectivity index (χ4n) is 1.03. The standard InChI is InChI=1S/C10H12ClFN2OS/c11-7-1-2-9(8(12)5-7)14-10(15)6-16-4-3-13/h1-2,5H,3-4,6,13H2,(H,14,15). The van der Waals surface area contributed by atoms with Crippen LogP contribution in [0.2, 0.25) is 5.02 Å². The maximum atomic E-state index is 13.3. The largest absolute Gasteiger partial charge is 0.330 e. The van der Waals surface area contributed by atoms with Gasteiger partial charge in [0.25, 0.3) is 0 Å². The van der Waals surface area contributed by atoms with Gasteiger partial charge in [-0.1, -0.05) is 11.6 Å². The molecule has 0 unspecified atom stereocenters. The zero-order valence-electron chi connectivity index (χ0n) is 8.50. The van der Waals surface area contributed by atoms with Crippen LogP contribution in [0.3, 0.4) is 0 Å². The molecule has 1 aromatic rings. The maximum absolute atomic E-state index is 13.3. The summed E-state index contributed by atoms with van der Waals surface area (Å²) in [7, 11) is 0. The smallest absolute Gasteiger partial charge is 0.234 e. The Kier molecular flexibility index (Phi) is 5.59. The molecule has 1 rings (SSSR count). The number of hydrogen-bond donors (Lipinski definition) is 2. The number of amides is 1. The van der Waals surface area contributed by atoms with Gasteiger partial charge in [0, 0.05) is 17.3 Å². The summed E-state index contributed by atoms with van der Waals surface area (Å²) < 4.78 is 13.3. The SMILES string of the molecule is NCCSCC(=O)Nc1ccc(Cl)cc1F. The fourth-order valence-corrected chi connectivity index (χ4v) is 1.75. The summed E-state index contributed by atoms with van der Waals surface area (Å²) in [5.41, 5.74) is 5.42. The van der Waals surface area contributed by atoms with Crippen LogP contribution in [0, 0.1) is 5.82 Å². The van der Waals surface area contributed by atoms with Crippen molar-refractivity contribution >= 4 is 35.0 Å². The van der Waals surface area contributed by atoms with E-state index in [0.29, 0.717) is 17.3 Å². The lowest BCUT2D eigenvalue weighted by atomic mass is 10.3. The van der Waals surface area contributed by atoms with E-state index in [1.807, 2.05) is 0 Å². The molecule has 3 N–H and O–H groups in total. The summed E-state index contributed by atoms with van der Waals surface area (Å²) in [6.07, 6.45) is 0. The summed E-state index contributed by atoms with van der Waals surface area (Å²) in [6.45, 7) is 0.521. The minimum Gasteiger partial charge on any atom is -0.330 e. The number of anilines is 1. The van der Waals surface area contributed by atoms with Gasteiger partial charge >= 0.3 is 0 Å². The molecule has 0 aromatic heterocycles. The highest BCUT2D eigenvalue weighted by Crippen LogP contribution is 2.18. The first-order chi connectivity index (χ1) is 7.63. The van der Waals surface area contributed by atoms with Gasteiger partial charge in [-0.25, -0.2) is 4.39 Å². The number of carbonyl (C=O) groups is 1. The molecule has 3 nitrogen and oxygen atoms in total. The molecule has 88 valence electrons. The topological polar surface area (TPSA) is 55.1 Å². The lowest BCUT2D eigenvalue weighted by molar-refractivity contribution is -0.113. The molecule has 0 spiro atoms. The van der Waals surface area contributed by atoms with E-state index in [4.69, 9.17) is 17.3 Å². The molecule has 0 aliphatic heterocycles. The molecule has 0 saturated heterocycles. The first kappa shape index (κ1) is 13.3. The van der Waals surface area contributed by atoms with Crippen molar-refractivity contribution in [1.82, 2.24) is 0 Å². The van der Waals surface area contributed by atoms with E-state index >= 15 is 0 Å². The van der Waals surface area contributed by atoms with Gasteiger partial charge in [-0.15, -0.1) is 0 Å². The highest BCUT2D eigenvalue weighted by atomic mass is 35.5. The third kappa shape index (κ3) is 4.38. The average molecular weight is 263 g/mol. The van der Waals surface area contributed by atoms with Gasteiger partial charge in [-0.3, -0.25) is 4.79 Å². The molecule has 1 aromatic carbocycles. The van der Waals surface area contributed by atoms with Crippen LogP contribution in [-0.4, -0.2) is 24.0 Å². The Morgan fingerprint density at radius 2 is 2.31 bits per heavy atom. The normalized spacial score (nSPS) is 10.2. The number of rotatable bonds is 5. The second kappa shape index (κ2) is 6.73. The third-order valence-corrected chi connectivity index (χ3v) is 2.93. The maximum Gasteiger partial charge on any atom is 0.234 e. The van der Waals surface area contributed by atoms with Crippen molar-refractivity contribution in [2.75, 3.05) is 23.4 Å². The van der Waals surface area contributed by atoms with Crippen molar-refractivity contribution in [3.05, 3.63) is 29.0 Å². The molecule has 0 saturated carbocycles. The first-order valence-electron chi connectivity index (χ1n) is 4.66. The van der Waals surface area contributed by atoms with Crippen LogP contribution in [0.1, 0.15) is 0 Å². The van der Waals surface area contributed by atoms with Crippen LogP contribution in [0.5, 0.6) is 0 Å². The van der Waals surface area contributed by atoms with Gasteiger partial charge < -0.3 is 11.1 Å². The van der Waals surface area contributed by atoms with Crippen molar-refractivity contribution in [3.63, 3.8) is 0 Å². The van der Waals surface area contributed by atoms with Gasteiger partial charge in [-0.2, -0.15) is 11.8 Å². The number of carbonyl (C=O) groups excluding carboxylic acids is 1. The van der Waals surface area contributed by atoms with Crippen molar-refractivity contribution in [3.8, 4) is 0 Å². The van der Waals surface area contributed by atoms with Crippen LogP contribution in [0.4, 0.5) is 10.1 Å². The van der Waals surface area contributed by atoms with E-state index in [-0.39, 0.29) is 17.3 Å². The lowest BCUT2D eigenvalue weighted by Crippen LogP contribution is -2.16. The summed E-state index contributed by atoms with van der Waals surface area (Å²) in [5.74, 6) is 0.180. The Morgan fingerprint density at radius 1 is 1.56 bits per heavy atom. The second-order valence-corrected chi connectivity index (χ2v) is 4.56. The Bertz CT molecular complexity index is 376. The zero-order chi connectivity index (χ0) is 12.0. The van der Waals surface area contributed by atoms with E-state index < -0.39 is 5.82 Å². The highest BCUT2D eigenvalue weighted by molar-refractivity contribution is 7.99. The molecule has 0 bridgehead atoms. The number of hydrogen-bond acceptors (Lipinski definition) is 3. The molecular formula is C10H12ClFN2OS. The van der Waals surface area contributed by atoms with Gasteiger partial charge in [-0.05, 0) is 18.2 Å². The average Bonchev–Trinajstić information content (AvgIpc) is 2.23. The van der Waals surface area contributed by atoms with Gasteiger partial charge in [0.1, 0.15) is 5.82 Å². The molecule has 6 heteroatoms. The van der Waals surface area contributed by atoms with Crippen molar-refractivity contribution < 1.29 is 9.18 Å². The monoisotopic (exact) mass is 262 g/mol. The molecular weight excluding hydrogens is 251 g/mol. The number of thioether (sulfide) groups is 1. The lowest BCUT2D eigenvalue weighted by Gasteiger charge is -2.06. The fraction of sp³-hybridized carbons (Fsp3) is 0.300. The Morgan fingerprint density at radius 3 is 2.94 bits per heavy atom. The number of halogens is 2. The van der Waals surface area contributed by atoms with E-state index in [9.17, 15) is 9.18 Å². The molecule has 16 heavy (non-hydrogen) atoms. The minimum absolute atomic E-state index is 0.141. The van der Waals surface area contributed by atoms with Gasteiger partial charge in [0.2, 0.25) is 5.91 Å². The van der Waals surface area contributed by atoms with Crippen molar-refractivity contribution in [1.29, 1.82) is 0 Å². The molecule has 0 heterocycles. The first-order valence-corrected chi connectivity index (χ1v) is 6.19. The predicted molar refractivity (Wildman–Crippen MR) is 66.4 cm³/mol. The van der Waals surface area contributed by atoms with Gasteiger partial charge in [0.15, 0.2) is 0 Å². The molecule has 1 amide bonds. The summed E-state index contributed by atoms with van der Waals surface area (Å²) in [4.78, 5) is 11.4. The summed E-state index contributed by atoms with van der Waals surface area (Å²) in [6, 6.07) is 4.11. The zero-order valence-corrected chi connectivity index (χ0v) is 10.1. The van der Waals surface area contributed by atoms with Crippen LogP contribution in [-0.2, 0) is 4.79 Å².